The summed E-state index contributed by atoms with van der Waals surface area (Å²) in [5.41, 5.74) is 7.65. The molecule has 2 saturated carbocycles. The van der Waals surface area contributed by atoms with Crippen LogP contribution in [-0.4, -0.2) is 16.9 Å². The van der Waals surface area contributed by atoms with Crippen molar-refractivity contribution in [2.75, 3.05) is 7.11 Å². The second-order valence-corrected chi connectivity index (χ2v) is 7.97. The van der Waals surface area contributed by atoms with Gasteiger partial charge in [-0.2, -0.15) is 5.10 Å². The van der Waals surface area contributed by atoms with Crippen LogP contribution < -0.4 is 4.74 Å². The Kier molecular flexibility index (Phi) is 8.33. The van der Waals surface area contributed by atoms with Crippen LogP contribution in [0.1, 0.15) is 22.4 Å². The number of hydrogen-bond acceptors (Lipinski definition) is 2. The van der Waals surface area contributed by atoms with Crippen molar-refractivity contribution in [1.29, 1.82) is 0 Å². The Morgan fingerprint density at radius 3 is 2.15 bits per heavy atom. The first-order valence-corrected chi connectivity index (χ1v) is 11.0. The smallest absolute Gasteiger partial charge is 0.497 e. The fraction of sp³-hybridized carbons (Fsp3) is 0.138. The van der Waals surface area contributed by atoms with Gasteiger partial charge in [0, 0.05) is 17.0 Å². The Morgan fingerprint density at radius 1 is 0.818 bits per heavy atom. The number of rotatable bonds is 4. The summed E-state index contributed by atoms with van der Waals surface area (Å²) in [7, 11) is 1.70. The maximum Gasteiger partial charge on any atom is 2.00 e. The fourth-order valence-corrected chi connectivity index (χ4v) is 4.38. The monoisotopic (exact) mass is 474 g/mol. The van der Waals surface area contributed by atoms with Gasteiger partial charge in [-0.25, -0.2) is 0 Å². The average molecular weight is 474 g/mol. The van der Waals surface area contributed by atoms with Crippen molar-refractivity contribution in [3.05, 3.63) is 135 Å². The number of methoxy groups -OCH3 is 1. The molecule has 2 aromatic carbocycles. The Bertz CT molecular complexity index is 1020. The Balaban J connectivity index is 0.000000385. The minimum absolute atomic E-state index is 0. The minimum atomic E-state index is 0. The van der Waals surface area contributed by atoms with Crippen LogP contribution in [0.4, 0.5) is 0 Å². The largest absolute Gasteiger partial charge is 2.00 e. The summed E-state index contributed by atoms with van der Waals surface area (Å²) in [5.74, 6) is 2.13. The van der Waals surface area contributed by atoms with Gasteiger partial charge in [-0.1, -0.05) is 36.4 Å². The number of aromatic nitrogens is 2. The molecule has 4 heteroatoms. The predicted molar refractivity (Wildman–Crippen MR) is 128 cm³/mol. The van der Waals surface area contributed by atoms with Crippen molar-refractivity contribution >= 4 is 0 Å². The SMILES string of the molecule is COc1ccc(Cn2nc3c(c2[C]2[CH][CH][CH][CH]2)CCc2ccccc2-3)cc1.[CH]1[CH][CH][CH][CH]1.[Fe+2]. The summed E-state index contributed by atoms with van der Waals surface area (Å²) in [5, 5.41) is 5.07. The molecule has 10 radical (unpaired) electrons. The molecule has 0 amide bonds. The molecule has 3 nitrogen and oxygen atoms in total. The second kappa shape index (κ2) is 11.4. The van der Waals surface area contributed by atoms with E-state index in [1.54, 1.807) is 7.11 Å². The van der Waals surface area contributed by atoms with E-state index in [4.69, 9.17) is 9.84 Å². The van der Waals surface area contributed by atoms with E-state index in [0.29, 0.717) is 0 Å². The first kappa shape index (κ1) is 24.1. The van der Waals surface area contributed by atoms with E-state index in [-0.39, 0.29) is 17.1 Å². The molecule has 33 heavy (non-hydrogen) atoms. The third-order valence-corrected chi connectivity index (χ3v) is 5.95. The van der Waals surface area contributed by atoms with E-state index in [1.807, 2.05) is 44.2 Å². The molecule has 164 valence electrons. The third-order valence-electron chi connectivity index (χ3n) is 5.95. The van der Waals surface area contributed by atoms with Gasteiger partial charge in [-0.3, -0.25) is 4.68 Å². The average Bonchev–Trinajstić information content (AvgIpc) is 3.62. The summed E-state index contributed by atoms with van der Waals surface area (Å²) >= 11 is 0. The van der Waals surface area contributed by atoms with Crippen molar-refractivity contribution in [2.24, 2.45) is 0 Å². The van der Waals surface area contributed by atoms with Gasteiger partial charge in [0.15, 0.2) is 0 Å². The van der Waals surface area contributed by atoms with E-state index >= 15 is 0 Å². The zero-order chi connectivity index (χ0) is 21.8. The standard InChI is InChI=1S/C24H21N2O.C5H5.Fe/c1-27-20-13-10-17(11-14-20)16-26-24(19-7-2-3-8-19)22-15-12-18-6-4-5-9-21(18)23(22)25-26;1-2-4-5-3-1;/h2-11,13-14H,12,15-16H2,1H3;1-5H;/q;;+2. The Hall–Kier alpha value is -2.03. The Morgan fingerprint density at radius 2 is 1.48 bits per heavy atom. The molecule has 1 aromatic heterocycles. The summed E-state index contributed by atoms with van der Waals surface area (Å²) in [6.45, 7) is 0.750. The maximum atomic E-state index is 5.28. The van der Waals surface area contributed by atoms with Gasteiger partial charge in [0.1, 0.15) is 5.75 Å². The number of nitrogens with zero attached hydrogens (tertiary/aromatic N) is 2. The zero-order valence-electron chi connectivity index (χ0n) is 18.6. The fourth-order valence-electron chi connectivity index (χ4n) is 4.38. The minimum Gasteiger partial charge on any atom is -0.497 e. The summed E-state index contributed by atoms with van der Waals surface area (Å²) < 4.78 is 7.46. The van der Waals surface area contributed by atoms with Crippen molar-refractivity contribution in [3.63, 3.8) is 0 Å². The molecule has 0 saturated heterocycles. The van der Waals surface area contributed by atoms with E-state index in [1.165, 1.54) is 33.9 Å². The first-order chi connectivity index (χ1) is 15.8. The van der Waals surface area contributed by atoms with Crippen LogP contribution >= 0.6 is 0 Å². The van der Waals surface area contributed by atoms with Crippen LogP contribution in [0.3, 0.4) is 0 Å². The number of fused-ring (bicyclic) bond motifs is 3. The van der Waals surface area contributed by atoms with Gasteiger partial charge in [-0.15, -0.1) is 0 Å². The molecule has 0 aliphatic heterocycles. The van der Waals surface area contributed by atoms with E-state index < -0.39 is 0 Å². The van der Waals surface area contributed by atoms with Gasteiger partial charge >= 0.3 is 17.1 Å². The van der Waals surface area contributed by atoms with Gasteiger partial charge in [0.2, 0.25) is 0 Å². The van der Waals surface area contributed by atoms with Gasteiger partial charge < -0.3 is 4.74 Å². The number of ether oxygens (including phenoxy) is 1. The predicted octanol–water partition coefficient (Wildman–Crippen LogP) is 5.48. The van der Waals surface area contributed by atoms with E-state index in [9.17, 15) is 0 Å². The van der Waals surface area contributed by atoms with Gasteiger partial charge in [0.25, 0.3) is 0 Å². The third kappa shape index (κ3) is 5.39. The normalized spacial score (nSPS) is 16.9. The Labute approximate surface area is 209 Å². The van der Waals surface area contributed by atoms with Crippen LogP contribution in [0.2, 0.25) is 0 Å². The molecule has 0 bridgehead atoms. The van der Waals surface area contributed by atoms with E-state index in [0.717, 1.165) is 30.8 Å². The van der Waals surface area contributed by atoms with Crippen LogP contribution in [0, 0.1) is 63.7 Å². The van der Waals surface area contributed by atoms with Crippen LogP contribution in [0.15, 0.2) is 48.5 Å². The zero-order valence-corrected chi connectivity index (χ0v) is 19.7. The van der Waals surface area contributed by atoms with Crippen LogP contribution in [0.25, 0.3) is 11.3 Å². The summed E-state index contributed by atoms with van der Waals surface area (Å²) in [6.07, 6.45) is 20.7. The molecule has 3 aliphatic carbocycles. The van der Waals surface area contributed by atoms with Gasteiger partial charge in [0.05, 0.1) is 25.0 Å². The summed E-state index contributed by atoms with van der Waals surface area (Å²) in [6, 6.07) is 16.9. The second-order valence-electron chi connectivity index (χ2n) is 7.97. The number of aryl methyl sites for hydroxylation is 1. The molecule has 2 fully saturated rings. The number of benzene rings is 2. The molecule has 3 aromatic rings. The molecule has 0 N–H and O–H groups in total. The van der Waals surface area contributed by atoms with Gasteiger partial charge in [-0.05, 0) is 93.9 Å². The molecule has 0 unspecified atom stereocenters. The molecule has 0 atom stereocenters. The molecule has 3 aliphatic rings. The van der Waals surface area contributed by atoms with Crippen LogP contribution in [-0.2, 0) is 36.5 Å². The summed E-state index contributed by atoms with van der Waals surface area (Å²) in [4.78, 5) is 0. The first-order valence-electron chi connectivity index (χ1n) is 11.0. The quantitative estimate of drug-likeness (QED) is 0.469. The van der Waals surface area contributed by atoms with E-state index in [2.05, 4.69) is 66.8 Å². The van der Waals surface area contributed by atoms with Crippen molar-refractivity contribution in [2.45, 2.75) is 19.4 Å². The molecule has 1 heterocycles. The topological polar surface area (TPSA) is 27.1 Å². The molecular weight excluding hydrogens is 448 g/mol. The van der Waals surface area contributed by atoms with Crippen molar-refractivity contribution in [3.8, 4) is 17.0 Å². The maximum absolute atomic E-state index is 5.28. The van der Waals surface area contributed by atoms with Crippen molar-refractivity contribution in [1.82, 2.24) is 9.78 Å². The number of hydrogen-bond donors (Lipinski definition) is 0. The molecule has 6 rings (SSSR count). The molecule has 0 spiro atoms. The molecular formula is C29H26FeN2O+2. The van der Waals surface area contributed by atoms with Crippen LogP contribution in [0.5, 0.6) is 5.75 Å². The van der Waals surface area contributed by atoms with Crippen molar-refractivity contribution < 1.29 is 21.8 Å².